The summed E-state index contributed by atoms with van der Waals surface area (Å²) in [6, 6.07) is 7.93. The maximum Gasteiger partial charge on any atom is 0.115 e. The van der Waals surface area contributed by atoms with Crippen LogP contribution in [0, 0.1) is 5.92 Å². The van der Waals surface area contributed by atoms with Crippen LogP contribution in [0.5, 0.6) is 5.75 Å². The van der Waals surface area contributed by atoms with Gasteiger partial charge >= 0.3 is 0 Å². The van der Waals surface area contributed by atoms with Crippen molar-refractivity contribution in [3.05, 3.63) is 29.8 Å². The third-order valence-corrected chi connectivity index (χ3v) is 2.54. The van der Waals surface area contributed by atoms with Gasteiger partial charge in [0.25, 0.3) is 0 Å². The van der Waals surface area contributed by atoms with Crippen LogP contribution in [-0.2, 0) is 6.42 Å². The highest BCUT2D eigenvalue weighted by Crippen LogP contribution is 2.15. The van der Waals surface area contributed by atoms with Crippen molar-refractivity contribution in [3.63, 3.8) is 0 Å². The van der Waals surface area contributed by atoms with E-state index >= 15 is 0 Å². The molecule has 0 aliphatic heterocycles. The fraction of sp³-hybridized carbons (Fsp3) is 0.500. The van der Waals surface area contributed by atoms with Gasteiger partial charge in [-0.05, 0) is 37.1 Å². The minimum Gasteiger partial charge on any atom is -0.508 e. The minimum atomic E-state index is 0.348. The molecule has 0 spiro atoms. The lowest BCUT2D eigenvalue weighted by Crippen LogP contribution is -2.32. The Morgan fingerprint density at radius 2 is 2.07 bits per heavy atom. The Hall–Kier alpha value is -1.02. The molecule has 2 heteroatoms. The summed E-state index contributed by atoms with van der Waals surface area (Å²) in [4.78, 5) is 0. The van der Waals surface area contributed by atoms with E-state index in [0.29, 0.717) is 17.7 Å². The van der Waals surface area contributed by atoms with Gasteiger partial charge in [-0.2, -0.15) is 0 Å². The van der Waals surface area contributed by atoms with Crippen molar-refractivity contribution in [2.45, 2.75) is 26.3 Å². The Kier molecular flexibility index (Phi) is 3.96. The van der Waals surface area contributed by atoms with Crippen molar-refractivity contribution >= 4 is 0 Å². The molecule has 78 valence electrons. The van der Waals surface area contributed by atoms with Crippen molar-refractivity contribution < 1.29 is 5.11 Å². The Labute approximate surface area is 86.0 Å². The summed E-state index contributed by atoms with van der Waals surface area (Å²) in [7, 11) is 1.98. The van der Waals surface area contributed by atoms with Crippen molar-refractivity contribution in [1.82, 2.24) is 5.32 Å². The maximum absolute atomic E-state index is 9.32. The summed E-state index contributed by atoms with van der Waals surface area (Å²) >= 11 is 0. The van der Waals surface area contributed by atoms with Crippen molar-refractivity contribution in [3.8, 4) is 5.75 Å². The molecule has 0 aliphatic carbocycles. The minimum absolute atomic E-state index is 0.348. The van der Waals surface area contributed by atoms with Gasteiger partial charge in [0.2, 0.25) is 0 Å². The summed E-state index contributed by atoms with van der Waals surface area (Å²) in [5.74, 6) is 0.948. The van der Waals surface area contributed by atoms with Crippen LogP contribution in [0.3, 0.4) is 0 Å². The lowest BCUT2D eigenvalue weighted by molar-refractivity contribution is 0.423. The van der Waals surface area contributed by atoms with E-state index in [0.717, 1.165) is 6.42 Å². The summed E-state index contributed by atoms with van der Waals surface area (Å²) < 4.78 is 0. The molecule has 2 N–H and O–H groups in total. The van der Waals surface area contributed by atoms with Gasteiger partial charge in [-0.25, -0.2) is 0 Å². The Morgan fingerprint density at radius 3 is 2.57 bits per heavy atom. The van der Waals surface area contributed by atoms with Crippen LogP contribution in [-0.4, -0.2) is 18.2 Å². The molecule has 0 radical (unpaired) electrons. The van der Waals surface area contributed by atoms with Gasteiger partial charge in [0, 0.05) is 6.04 Å². The average molecular weight is 193 g/mol. The number of nitrogens with one attached hydrogen (secondary N) is 1. The van der Waals surface area contributed by atoms with E-state index in [4.69, 9.17) is 0 Å². The topological polar surface area (TPSA) is 32.3 Å². The van der Waals surface area contributed by atoms with E-state index in [9.17, 15) is 5.11 Å². The van der Waals surface area contributed by atoms with Crippen LogP contribution in [0.25, 0.3) is 0 Å². The van der Waals surface area contributed by atoms with E-state index in [-0.39, 0.29) is 0 Å². The van der Waals surface area contributed by atoms with Crippen molar-refractivity contribution in [1.29, 1.82) is 0 Å². The second-order valence-electron chi connectivity index (χ2n) is 4.01. The van der Waals surface area contributed by atoms with Gasteiger partial charge in [-0.1, -0.05) is 26.0 Å². The van der Waals surface area contributed by atoms with Crippen LogP contribution >= 0.6 is 0 Å². The summed E-state index contributed by atoms with van der Waals surface area (Å²) in [5.41, 5.74) is 1.18. The summed E-state index contributed by atoms with van der Waals surface area (Å²) in [6.45, 7) is 4.40. The first-order valence-electron chi connectivity index (χ1n) is 5.08. The molecule has 0 heterocycles. The second kappa shape index (κ2) is 5.01. The van der Waals surface area contributed by atoms with Gasteiger partial charge < -0.3 is 10.4 Å². The van der Waals surface area contributed by atoms with Gasteiger partial charge in [-0.3, -0.25) is 0 Å². The third kappa shape index (κ3) is 3.04. The smallest absolute Gasteiger partial charge is 0.115 e. The van der Waals surface area contributed by atoms with Gasteiger partial charge in [0.05, 0.1) is 0 Å². The Bertz CT molecular complexity index is 283. The first kappa shape index (κ1) is 11.1. The normalized spacial score (nSPS) is 13.1. The quantitative estimate of drug-likeness (QED) is 0.768. The predicted octanol–water partition coefficient (Wildman–Crippen LogP) is 2.18. The predicted molar refractivity (Wildman–Crippen MR) is 59.5 cm³/mol. The van der Waals surface area contributed by atoms with Crippen molar-refractivity contribution in [2.24, 2.45) is 5.92 Å². The highest BCUT2D eigenvalue weighted by Gasteiger charge is 2.11. The van der Waals surface area contributed by atoms with E-state index < -0.39 is 0 Å². The number of phenols is 1. The lowest BCUT2D eigenvalue weighted by Gasteiger charge is -2.20. The highest BCUT2D eigenvalue weighted by atomic mass is 16.3. The molecule has 0 aromatic heterocycles. The molecule has 2 nitrogen and oxygen atoms in total. The standard InChI is InChI=1S/C12H19NO/c1-9(2)12(13-3)8-10-5-4-6-11(14)7-10/h4-7,9,12-14H,8H2,1-3H3. The molecule has 14 heavy (non-hydrogen) atoms. The largest absolute Gasteiger partial charge is 0.508 e. The molecule has 0 fully saturated rings. The molecule has 1 atom stereocenters. The SMILES string of the molecule is CNC(Cc1cccc(O)c1)C(C)C. The summed E-state index contributed by atoms with van der Waals surface area (Å²) in [6.07, 6.45) is 0.961. The summed E-state index contributed by atoms with van der Waals surface area (Å²) in [5, 5.41) is 12.6. The number of hydrogen-bond acceptors (Lipinski definition) is 2. The molecular weight excluding hydrogens is 174 g/mol. The number of benzene rings is 1. The Morgan fingerprint density at radius 1 is 1.36 bits per heavy atom. The molecule has 1 aromatic rings. The first-order valence-corrected chi connectivity index (χ1v) is 5.08. The van der Waals surface area contributed by atoms with E-state index in [1.165, 1.54) is 5.56 Å². The van der Waals surface area contributed by atoms with Crippen LogP contribution < -0.4 is 5.32 Å². The van der Waals surface area contributed by atoms with E-state index in [1.54, 1.807) is 6.07 Å². The fourth-order valence-corrected chi connectivity index (χ4v) is 1.61. The number of likely N-dealkylation sites (N-methyl/N-ethyl adjacent to an activating group) is 1. The molecule has 0 aliphatic rings. The lowest BCUT2D eigenvalue weighted by atomic mass is 9.96. The zero-order valence-electron chi connectivity index (χ0n) is 9.12. The molecule has 0 bridgehead atoms. The molecular formula is C12H19NO. The molecule has 0 saturated heterocycles. The van der Waals surface area contributed by atoms with Gasteiger partial charge in [-0.15, -0.1) is 0 Å². The number of phenolic OH excluding ortho intramolecular Hbond substituents is 1. The number of rotatable bonds is 4. The second-order valence-corrected chi connectivity index (χ2v) is 4.01. The van der Waals surface area contributed by atoms with Gasteiger partial charge in [0.15, 0.2) is 0 Å². The van der Waals surface area contributed by atoms with E-state index in [2.05, 4.69) is 19.2 Å². The van der Waals surface area contributed by atoms with E-state index in [1.807, 2.05) is 25.2 Å². The van der Waals surface area contributed by atoms with Crippen LogP contribution in [0.2, 0.25) is 0 Å². The third-order valence-electron chi connectivity index (χ3n) is 2.54. The first-order chi connectivity index (χ1) is 6.63. The number of aromatic hydroxyl groups is 1. The highest BCUT2D eigenvalue weighted by molar-refractivity contribution is 5.27. The maximum atomic E-state index is 9.32. The fourth-order valence-electron chi connectivity index (χ4n) is 1.61. The molecule has 1 rings (SSSR count). The van der Waals surface area contributed by atoms with Crippen molar-refractivity contribution in [2.75, 3.05) is 7.05 Å². The van der Waals surface area contributed by atoms with Crippen LogP contribution in [0.15, 0.2) is 24.3 Å². The van der Waals surface area contributed by atoms with Gasteiger partial charge in [0.1, 0.15) is 5.75 Å². The number of hydrogen-bond donors (Lipinski definition) is 2. The molecule has 0 saturated carbocycles. The average Bonchev–Trinajstić information content (AvgIpc) is 2.14. The van der Waals surface area contributed by atoms with Crippen LogP contribution in [0.4, 0.5) is 0 Å². The zero-order valence-corrected chi connectivity index (χ0v) is 9.12. The Balaban J connectivity index is 2.67. The molecule has 0 amide bonds. The van der Waals surface area contributed by atoms with Crippen LogP contribution in [0.1, 0.15) is 19.4 Å². The zero-order chi connectivity index (χ0) is 10.6. The molecule has 1 unspecified atom stereocenters. The molecule has 1 aromatic carbocycles. The monoisotopic (exact) mass is 193 g/mol.